The number of amides is 1. The molecule has 2 N–H and O–H groups in total. The van der Waals surface area contributed by atoms with Gasteiger partial charge in [-0.25, -0.2) is 9.78 Å². The number of pyridine rings is 1. The van der Waals surface area contributed by atoms with Gasteiger partial charge in [0.2, 0.25) is 5.91 Å². The van der Waals surface area contributed by atoms with E-state index in [-0.39, 0.29) is 17.9 Å². The van der Waals surface area contributed by atoms with E-state index in [0.29, 0.717) is 6.54 Å². The number of carbonyl (C=O) groups excluding carboxylic acids is 1. The summed E-state index contributed by atoms with van der Waals surface area (Å²) in [6, 6.07) is 10.4. The topological polar surface area (TPSA) is 83.7 Å². The summed E-state index contributed by atoms with van der Waals surface area (Å²) in [6.45, 7) is 4.25. The van der Waals surface area contributed by atoms with Gasteiger partial charge in [0, 0.05) is 12.7 Å². The number of imidazole rings is 1. The zero-order chi connectivity index (χ0) is 18.0. The number of carboxylic acid groups (broad SMARTS) is 1. The molecule has 0 radical (unpaired) electrons. The van der Waals surface area contributed by atoms with Crippen LogP contribution in [0, 0.1) is 13.8 Å². The molecule has 0 unspecified atom stereocenters. The van der Waals surface area contributed by atoms with Gasteiger partial charge < -0.3 is 14.8 Å². The molecule has 0 saturated heterocycles. The Labute approximate surface area is 145 Å². The van der Waals surface area contributed by atoms with Crippen LogP contribution in [0.2, 0.25) is 0 Å². The minimum atomic E-state index is -0.964. The Morgan fingerprint density at radius 2 is 1.88 bits per heavy atom. The second-order valence-corrected chi connectivity index (χ2v) is 5.98. The highest BCUT2D eigenvalue weighted by Gasteiger charge is 2.13. The van der Waals surface area contributed by atoms with Crippen molar-refractivity contribution in [2.24, 2.45) is 0 Å². The summed E-state index contributed by atoms with van der Waals surface area (Å²) in [5.41, 5.74) is 4.73. The van der Waals surface area contributed by atoms with E-state index in [9.17, 15) is 9.59 Å². The summed E-state index contributed by atoms with van der Waals surface area (Å²) in [4.78, 5) is 27.7. The first-order chi connectivity index (χ1) is 12.0. The van der Waals surface area contributed by atoms with Gasteiger partial charge in [0.25, 0.3) is 0 Å². The lowest BCUT2D eigenvalue weighted by atomic mass is 10.1. The average molecular weight is 337 g/mol. The van der Waals surface area contributed by atoms with Crippen LogP contribution in [-0.2, 0) is 17.8 Å². The van der Waals surface area contributed by atoms with E-state index >= 15 is 0 Å². The fourth-order valence-electron chi connectivity index (χ4n) is 2.76. The first kappa shape index (κ1) is 16.7. The fraction of sp³-hybridized carbons (Fsp3) is 0.211. The van der Waals surface area contributed by atoms with Crippen molar-refractivity contribution in [3.63, 3.8) is 0 Å². The average Bonchev–Trinajstić information content (AvgIpc) is 2.91. The van der Waals surface area contributed by atoms with Crippen LogP contribution in [0.25, 0.3) is 5.65 Å². The van der Waals surface area contributed by atoms with Crippen LogP contribution >= 0.6 is 0 Å². The SMILES string of the molecule is Cc1nc2c(C)cccn2c1CC(=O)NCc1ccc(C(=O)O)cc1. The van der Waals surface area contributed by atoms with Crippen LogP contribution in [0.1, 0.15) is 32.9 Å². The van der Waals surface area contributed by atoms with Crippen molar-refractivity contribution in [1.82, 2.24) is 14.7 Å². The molecule has 3 aromatic rings. The number of aryl methyl sites for hydroxylation is 2. The number of hydrogen-bond acceptors (Lipinski definition) is 3. The van der Waals surface area contributed by atoms with Gasteiger partial charge in [-0.3, -0.25) is 4.79 Å². The van der Waals surface area contributed by atoms with Crippen molar-refractivity contribution < 1.29 is 14.7 Å². The number of nitrogens with one attached hydrogen (secondary N) is 1. The van der Waals surface area contributed by atoms with E-state index in [1.807, 2.05) is 36.6 Å². The van der Waals surface area contributed by atoms with Gasteiger partial charge in [0.1, 0.15) is 5.65 Å². The van der Waals surface area contributed by atoms with Crippen molar-refractivity contribution >= 4 is 17.5 Å². The lowest BCUT2D eigenvalue weighted by Gasteiger charge is -2.07. The zero-order valence-corrected chi connectivity index (χ0v) is 14.1. The molecule has 6 nitrogen and oxygen atoms in total. The number of hydrogen-bond donors (Lipinski definition) is 2. The molecule has 6 heteroatoms. The minimum Gasteiger partial charge on any atom is -0.478 e. The molecule has 3 rings (SSSR count). The maximum atomic E-state index is 12.3. The van der Waals surface area contributed by atoms with Crippen molar-refractivity contribution in [3.05, 3.63) is 70.7 Å². The Balaban J connectivity index is 1.68. The van der Waals surface area contributed by atoms with Gasteiger partial charge in [-0.05, 0) is 43.2 Å². The van der Waals surface area contributed by atoms with E-state index in [1.165, 1.54) is 12.1 Å². The zero-order valence-electron chi connectivity index (χ0n) is 14.1. The van der Waals surface area contributed by atoms with E-state index in [4.69, 9.17) is 5.11 Å². The number of rotatable bonds is 5. The molecule has 0 aliphatic rings. The molecule has 1 aromatic carbocycles. The van der Waals surface area contributed by atoms with Gasteiger partial charge in [-0.2, -0.15) is 0 Å². The first-order valence-corrected chi connectivity index (χ1v) is 7.98. The molecule has 0 atom stereocenters. The Bertz CT molecular complexity index is 942. The molecule has 0 spiro atoms. The maximum absolute atomic E-state index is 12.3. The molecular weight excluding hydrogens is 318 g/mol. The summed E-state index contributed by atoms with van der Waals surface area (Å²) in [5, 5.41) is 11.8. The number of aromatic carboxylic acids is 1. The van der Waals surface area contributed by atoms with Crippen LogP contribution in [0.3, 0.4) is 0 Å². The van der Waals surface area contributed by atoms with E-state index in [1.54, 1.807) is 12.1 Å². The standard InChI is InChI=1S/C19H19N3O3/c1-12-4-3-9-22-16(13(2)21-18(12)22)10-17(23)20-11-14-5-7-15(8-6-14)19(24)25/h3-9H,10-11H2,1-2H3,(H,20,23)(H,24,25). The van der Waals surface area contributed by atoms with Crippen molar-refractivity contribution in [2.45, 2.75) is 26.8 Å². The molecule has 0 aliphatic carbocycles. The third kappa shape index (κ3) is 3.52. The van der Waals surface area contributed by atoms with Crippen LogP contribution in [0.5, 0.6) is 0 Å². The molecule has 0 saturated carbocycles. The highest BCUT2D eigenvalue weighted by Crippen LogP contribution is 2.15. The number of carboxylic acids is 1. The van der Waals surface area contributed by atoms with Gasteiger partial charge in [0.05, 0.1) is 23.4 Å². The quantitative estimate of drug-likeness (QED) is 0.749. The highest BCUT2D eigenvalue weighted by atomic mass is 16.4. The first-order valence-electron chi connectivity index (χ1n) is 7.98. The maximum Gasteiger partial charge on any atom is 0.335 e. The molecule has 25 heavy (non-hydrogen) atoms. The van der Waals surface area contributed by atoms with E-state index < -0.39 is 5.97 Å². The predicted octanol–water partition coefficient (Wildman–Crippen LogP) is 2.51. The second-order valence-electron chi connectivity index (χ2n) is 5.98. The summed E-state index contributed by atoms with van der Waals surface area (Å²) < 4.78 is 1.95. The van der Waals surface area contributed by atoms with Crippen LogP contribution < -0.4 is 5.32 Å². The lowest BCUT2D eigenvalue weighted by Crippen LogP contribution is -2.25. The molecule has 128 valence electrons. The van der Waals surface area contributed by atoms with Gasteiger partial charge in [0.15, 0.2) is 0 Å². The number of aromatic nitrogens is 2. The fourth-order valence-corrected chi connectivity index (χ4v) is 2.76. The Morgan fingerprint density at radius 1 is 1.16 bits per heavy atom. The van der Waals surface area contributed by atoms with E-state index in [2.05, 4.69) is 10.3 Å². The summed E-state index contributed by atoms with van der Waals surface area (Å²) in [6.07, 6.45) is 2.15. The normalized spacial score (nSPS) is 10.8. The Kier molecular flexibility index (Phi) is 4.52. The number of nitrogens with zero attached hydrogens (tertiary/aromatic N) is 2. The number of carbonyl (C=O) groups is 2. The lowest BCUT2D eigenvalue weighted by molar-refractivity contribution is -0.120. The van der Waals surface area contributed by atoms with Crippen molar-refractivity contribution in [1.29, 1.82) is 0 Å². The van der Waals surface area contributed by atoms with Crippen molar-refractivity contribution in [2.75, 3.05) is 0 Å². The monoisotopic (exact) mass is 337 g/mol. The Hall–Kier alpha value is -3.15. The molecular formula is C19H19N3O3. The van der Waals surface area contributed by atoms with Crippen LogP contribution in [-0.4, -0.2) is 26.4 Å². The molecule has 0 bridgehead atoms. The number of benzene rings is 1. The van der Waals surface area contributed by atoms with Crippen molar-refractivity contribution in [3.8, 4) is 0 Å². The smallest absolute Gasteiger partial charge is 0.335 e. The van der Waals surface area contributed by atoms with E-state index in [0.717, 1.165) is 28.2 Å². The number of fused-ring (bicyclic) bond motifs is 1. The van der Waals surface area contributed by atoms with Gasteiger partial charge in [-0.15, -0.1) is 0 Å². The van der Waals surface area contributed by atoms with Crippen LogP contribution in [0.4, 0.5) is 0 Å². The summed E-state index contributed by atoms with van der Waals surface area (Å²) in [7, 11) is 0. The molecule has 2 heterocycles. The molecule has 0 fully saturated rings. The van der Waals surface area contributed by atoms with Gasteiger partial charge in [-0.1, -0.05) is 18.2 Å². The molecule has 2 aromatic heterocycles. The third-order valence-corrected chi connectivity index (χ3v) is 4.16. The van der Waals surface area contributed by atoms with Crippen LogP contribution in [0.15, 0.2) is 42.6 Å². The summed E-state index contributed by atoms with van der Waals surface area (Å²) >= 11 is 0. The molecule has 0 aliphatic heterocycles. The summed E-state index contributed by atoms with van der Waals surface area (Å²) in [5.74, 6) is -1.07. The Morgan fingerprint density at radius 3 is 2.56 bits per heavy atom. The second kappa shape index (κ2) is 6.76. The molecule has 1 amide bonds. The third-order valence-electron chi connectivity index (χ3n) is 4.16. The minimum absolute atomic E-state index is 0.103. The predicted molar refractivity (Wildman–Crippen MR) is 93.6 cm³/mol. The largest absolute Gasteiger partial charge is 0.478 e. The highest BCUT2D eigenvalue weighted by molar-refractivity contribution is 5.87. The van der Waals surface area contributed by atoms with Gasteiger partial charge >= 0.3 is 5.97 Å².